The number of rotatable bonds is 5. The van der Waals surface area contributed by atoms with Crippen molar-refractivity contribution >= 4 is 21.7 Å². The number of para-hydroxylation sites is 1. The van der Waals surface area contributed by atoms with Crippen LogP contribution in [0.25, 0.3) is 0 Å². The van der Waals surface area contributed by atoms with E-state index < -0.39 is 37.3 Å². The van der Waals surface area contributed by atoms with Gasteiger partial charge in [-0.15, -0.1) is 0 Å². The summed E-state index contributed by atoms with van der Waals surface area (Å²) in [6.45, 7) is -0.107. The van der Waals surface area contributed by atoms with Crippen molar-refractivity contribution in [2.45, 2.75) is 11.3 Å². The minimum atomic E-state index is -4.21. The summed E-state index contributed by atoms with van der Waals surface area (Å²) in [7, 11) is -4.21. The zero-order valence-electron chi connectivity index (χ0n) is 10.6. The summed E-state index contributed by atoms with van der Waals surface area (Å²) in [4.78, 5) is 19.5. The Balaban J connectivity index is 2.29. The highest BCUT2D eigenvalue weighted by molar-refractivity contribution is 7.89. The van der Waals surface area contributed by atoms with Crippen LogP contribution in [-0.4, -0.2) is 41.8 Å². The number of nitro benzene ring substituents is 1. The second-order valence-electron chi connectivity index (χ2n) is 4.63. The monoisotopic (exact) mass is 318 g/mol. The lowest BCUT2D eigenvalue weighted by Crippen LogP contribution is -2.50. The van der Waals surface area contributed by atoms with Gasteiger partial charge in [0.1, 0.15) is 0 Å². The molecule has 1 aromatic carbocycles. The third-order valence-corrected chi connectivity index (χ3v) is 5.00. The van der Waals surface area contributed by atoms with Gasteiger partial charge >= 0.3 is 11.7 Å². The molecule has 1 heterocycles. The Morgan fingerprint density at radius 1 is 1.48 bits per heavy atom. The average Bonchev–Trinajstić information content (AvgIpc) is 2.31. The van der Waals surface area contributed by atoms with Crippen LogP contribution in [0.5, 0.6) is 0 Å². The molecule has 0 atom stereocenters. The molecule has 0 radical (unpaired) electrons. The molecule has 114 valence electrons. The second-order valence-corrected chi connectivity index (χ2v) is 6.54. The fraction of sp³-hybridized carbons (Fsp3) is 0.364. The molecule has 1 aliphatic heterocycles. The zero-order valence-corrected chi connectivity index (χ0v) is 11.4. The third-order valence-electron chi connectivity index (χ3n) is 3.14. The molecule has 1 aromatic rings. The largest absolute Gasteiger partial charge is 0.481 e. The predicted octanol–water partition coefficient (Wildman–Crippen LogP) is 0.829. The van der Waals surface area contributed by atoms with Crippen molar-refractivity contribution < 1.29 is 27.6 Å². The van der Waals surface area contributed by atoms with Gasteiger partial charge in [0.2, 0.25) is 15.8 Å². The Hall–Kier alpha value is -2.07. The number of carboxylic acid groups (broad SMARTS) is 1. The number of aliphatic carboxylic acids is 1. The second kappa shape index (κ2) is 5.37. The Kier molecular flexibility index (Phi) is 3.92. The van der Waals surface area contributed by atoms with Crippen molar-refractivity contribution in [3.63, 3.8) is 0 Å². The molecule has 2 rings (SSSR count). The summed E-state index contributed by atoms with van der Waals surface area (Å²) >= 11 is 0. The van der Waals surface area contributed by atoms with Gasteiger partial charge in [0.05, 0.1) is 11.3 Å². The van der Waals surface area contributed by atoms with Crippen LogP contribution >= 0.6 is 0 Å². The first-order valence-corrected chi connectivity index (χ1v) is 7.32. The summed E-state index contributed by atoms with van der Waals surface area (Å²) < 4.78 is 38.8. The van der Waals surface area contributed by atoms with Crippen LogP contribution in [0.15, 0.2) is 23.1 Å². The number of hydrogen-bond donors (Lipinski definition) is 1. The Labute approximate surface area is 119 Å². The van der Waals surface area contributed by atoms with Crippen LogP contribution < -0.4 is 0 Å². The molecular formula is C11H11FN2O6S. The van der Waals surface area contributed by atoms with Crippen molar-refractivity contribution in [1.29, 1.82) is 0 Å². The highest BCUT2D eigenvalue weighted by Crippen LogP contribution is 2.33. The maximum Gasteiger partial charge on any atom is 0.324 e. The SMILES string of the molecule is O=C(O)CC1CN(S(=O)(=O)c2cccc(F)c2[N+](=O)[O-])C1. The number of benzene rings is 1. The molecule has 0 aromatic heterocycles. The maximum atomic E-state index is 13.5. The fourth-order valence-electron chi connectivity index (χ4n) is 2.11. The van der Waals surface area contributed by atoms with Crippen molar-refractivity contribution in [2.75, 3.05) is 13.1 Å². The molecule has 1 aliphatic rings. The first-order chi connectivity index (χ1) is 9.73. The van der Waals surface area contributed by atoms with Gasteiger partial charge in [-0.25, -0.2) is 8.42 Å². The molecular weight excluding hydrogens is 307 g/mol. The maximum absolute atomic E-state index is 13.5. The van der Waals surface area contributed by atoms with Gasteiger partial charge in [-0.1, -0.05) is 6.07 Å². The van der Waals surface area contributed by atoms with Crippen molar-refractivity contribution in [3.8, 4) is 0 Å². The highest BCUT2D eigenvalue weighted by atomic mass is 32.2. The van der Waals surface area contributed by atoms with Crippen LogP contribution in [0, 0.1) is 21.8 Å². The van der Waals surface area contributed by atoms with Crippen molar-refractivity contribution in [2.24, 2.45) is 5.92 Å². The molecule has 0 saturated carbocycles. The molecule has 10 heteroatoms. The molecule has 1 saturated heterocycles. The Morgan fingerprint density at radius 3 is 2.62 bits per heavy atom. The van der Waals surface area contributed by atoms with Gasteiger partial charge in [0.15, 0.2) is 4.90 Å². The quantitative estimate of drug-likeness (QED) is 0.634. The smallest absolute Gasteiger partial charge is 0.324 e. The summed E-state index contributed by atoms with van der Waals surface area (Å²) in [5, 5.41) is 19.4. The summed E-state index contributed by atoms with van der Waals surface area (Å²) in [5.41, 5.74) is -1.10. The third kappa shape index (κ3) is 2.85. The minimum Gasteiger partial charge on any atom is -0.481 e. The normalized spacial score (nSPS) is 16.4. The molecule has 0 bridgehead atoms. The number of carbonyl (C=O) groups is 1. The minimum absolute atomic E-state index is 0.0533. The van der Waals surface area contributed by atoms with E-state index in [2.05, 4.69) is 0 Å². The summed E-state index contributed by atoms with van der Waals surface area (Å²) in [6, 6.07) is 2.84. The number of hydrogen-bond acceptors (Lipinski definition) is 5. The van der Waals surface area contributed by atoms with Gasteiger partial charge in [-0.05, 0) is 18.1 Å². The van der Waals surface area contributed by atoms with E-state index in [4.69, 9.17) is 5.11 Å². The lowest BCUT2D eigenvalue weighted by molar-refractivity contribution is -0.390. The molecule has 0 aliphatic carbocycles. The van der Waals surface area contributed by atoms with E-state index in [-0.39, 0.29) is 25.4 Å². The first-order valence-electron chi connectivity index (χ1n) is 5.88. The molecule has 21 heavy (non-hydrogen) atoms. The Morgan fingerprint density at radius 2 is 2.10 bits per heavy atom. The highest BCUT2D eigenvalue weighted by Gasteiger charge is 2.41. The summed E-state index contributed by atoms with van der Waals surface area (Å²) in [5.74, 6) is -2.62. The fourth-order valence-corrected chi connectivity index (χ4v) is 3.87. The van der Waals surface area contributed by atoms with Gasteiger partial charge in [0, 0.05) is 13.1 Å². The molecule has 8 nitrogen and oxygen atoms in total. The van der Waals surface area contributed by atoms with E-state index in [1.54, 1.807) is 0 Å². The Bertz CT molecular complexity index is 699. The lowest BCUT2D eigenvalue weighted by Gasteiger charge is -2.37. The molecule has 0 spiro atoms. The van der Waals surface area contributed by atoms with E-state index in [0.29, 0.717) is 0 Å². The first kappa shape index (κ1) is 15.3. The van der Waals surface area contributed by atoms with Crippen LogP contribution in [0.1, 0.15) is 6.42 Å². The molecule has 0 unspecified atom stereocenters. The van der Waals surface area contributed by atoms with Crippen LogP contribution in [-0.2, 0) is 14.8 Å². The van der Waals surface area contributed by atoms with Gasteiger partial charge in [-0.3, -0.25) is 14.9 Å². The standard InChI is InChI=1S/C11H11FN2O6S/c12-8-2-1-3-9(11(8)14(17)18)21(19,20)13-5-7(6-13)4-10(15)16/h1-3,7H,4-6H2,(H,15,16). The number of nitro groups is 1. The topological polar surface area (TPSA) is 118 Å². The van der Waals surface area contributed by atoms with E-state index in [1.807, 2.05) is 0 Å². The molecule has 1 fully saturated rings. The zero-order chi connectivity index (χ0) is 15.8. The summed E-state index contributed by atoms with van der Waals surface area (Å²) in [6.07, 6.45) is -0.183. The van der Waals surface area contributed by atoms with E-state index in [0.717, 1.165) is 22.5 Å². The van der Waals surface area contributed by atoms with Crippen LogP contribution in [0.4, 0.5) is 10.1 Å². The molecule has 0 amide bonds. The van der Waals surface area contributed by atoms with Crippen LogP contribution in [0.2, 0.25) is 0 Å². The number of sulfonamides is 1. The van der Waals surface area contributed by atoms with Gasteiger partial charge in [-0.2, -0.15) is 8.70 Å². The van der Waals surface area contributed by atoms with Gasteiger partial charge in [0.25, 0.3) is 0 Å². The number of nitrogens with zero attached hydrogens (tertiary/aromatic N) is 2. The van der Waals surface area contributed by atoms with Crippen LogP contribution in [0.3, 0.4) is 0 Å². The van der Waals surface area contributed by atoms with E-state index in [1.165, 1.54) is 0 Å². The number of carboxylic acids is 1. The van der Waals surface area contributed by atoms with E-state index >= 15 is 0 Å². The number of halogens is 1. The van der Waals surface area contributed by atoms with E-state index in [9.17, 15) is 27.7 Å². The van der Waals surface area contributed by atoms with Gasteiger partial charge < -0.3 is 5.11 Å². The lowest BCUT2D eigenvalue weighted by atomic mass is 10.00. The predicted molar refractivity (Wildman–Crippen MR) is 67.6 cm³/mol. The molecule has 1 N–H and O–H groups in total. The van der Waals surface area contributed by atoms with Crippen molar-refractivity contribution in [1.82, 2.24) is 4.31 Å². The average molecular weight is 318 g/mol. The van der Waals surface area contributed by atoms with Crippen molar-refractivity contribution in [3.05, 3.63) is 34.1 Å².